The maximum absolute atomic E-state index is 10.0. The minimum absolute atomic E-state index is 0.362. The Morgan fingerprint density at radius 1 is 0.588 bits per heavy atom. The smallest absolute Gasteiger partial charge is 0.197 e. The van der Waals surface area contributed by atoms with Crippen LogP contribution in [-0.2, 0) is 12.8 Å². The Labute approximate surface area is 204 Å². The molecule has 0 saturated carbocycles. The summed E-state index contributed by atoms with van der Waals surface area (Å²) in [4.78, 5) is 0. The first-order valence-electron chi connectivity index (χ1n) is 12.3. The van der Waals surface area contributed by atoms with E-state index < -0.39 is 0 Å². The van der Waals surface area contributed by atoms with Gasteiger partial charge in [-0.3, -0.25) is 0 Å². The van der Waals surface area contributed by atoms with Crippen molar-refractivity contribution in [3.8, 4) is 11.5 Å². The molecule has 0 aliphatic heterocycles. The zero-order valence-corrected chi connectivity index (χ0v) is 20.0. The van der Waals surface area contributed by atoms with Crippen molar-refractivity contribution in [1.29, 1.82) is 0 Å². The molecule has 0 aromatic heterocycles. The van der Waals surface area contributed by atoms with Gasteiger partial charge in [-0.05, 0) is 52.9 Å². The number of hydrogen-bond donors (Lipinski definition) is 2. The molecular weight excluding hydrogens is 414 g/mol. The van der Waals surface area contributed by atoms with Crippen LogP contribution in [0.4, 0.5) is 0 Å². The van der Waals surface area contributed by atoms with Crippen molar-refractivity contribution < 1.29 is 10.2 Å². The SMILES string of the molecule is CCCC(Cc1ccc(Bc2ccccc2O)cc1)Cc1ccc(Bc2ccccc2O)cc1. The summed E-state index contributed by atoms with van der Waals surface area (Å²) in [5, 5.41) is 20.1. The van der Waals surface area contributed by atoms with Crippen LogP contribution in [-0.4, -0.2) is 24.8 Å². The monoisotopic (exact) mass is 446 g/mol. The molecule has 4 aromatic rings. The summed E-state index contributed by atoms with van der Waals surface area (Å²) in [6.45, 7) is 2.26. The van der Waals surface area contributed by atoms with E-state index in [0.717, 1.165) is 38.3 Å². The Balaban J connectivity index is 1.36. The van der Waals surface area contributed by atoms with Gasteiger partial charge >= 0.3 is 0 Å². The molecule has 34 heavy (non-hydrogen) atoms. The topological polar surface area (TPSA) is 40.5 Å². The quantitative estimate of drug-likeness (QED) is 0.368. The number of rotatable bonds is 10. The minimum Gasteiger partial charge on any atom is -0.509 e. The predicted molar refractivity (Wildman–Crippen MR) is 148 cm³/mol. The zero-order chi connectivity index (χ0) is 23.8. The lowest BCUT2D eigenvalue weighted by Crippen LogP contribution is -2.27. The highest BCUT2D eigenvalue weighted by atomic mass is 16.3. The highest BCUT2D eigenvalue weighted by Crippen LogP contribution is 2.19. The van der Waals surface area contributed by atoms with Crippen LogP contribution in [0.2, 0.25) is 0 Å². The number of phenols is 2. The lowest BCUT2D eigenvalue weighted by atomic mass is 9.63. The van der Waals surface area contributed by atoms with Gasteiger partial charge in [0.1, 0.15) is 11.5 Å². The Kier molecular flexibility index (Phi) is 8.14. The van der Waals surface area contributed by atoms with Gasteiger partial charge < -0.3 is 10.2 Å². The largest absolute Gasteiger partial charge is 0.509 e. The van der Waals surface area contributed by atoms with E-state index in [4.69, 9.17) is 0 Å². The van der Waals surface area contributed by atoms with Crippen molar-refractivity contribution >= 4 is 36.4 Å². The molecule has 0 unspecified atom stereocenters. The van der Waals surface area contributed by atoms with E-state index in [1.807, 2.05) is 36.4 Å². The molecule has 0 amide bonds. The van der Waals surface area contributed by atoms with Gasteiger partial charge in [-0.2, -0.15) is 0 Å². The van der Waals surface area contributed by atoms with E-state index in [-0.39, 0.29) is 0 Å². The van der Waals surface area contributed by atoms with E-state index in [9.17, 15) is 10.2 Å². The van der Waals surface area contributed by atoms with Crippen LogP contribution in [0.3, 0.4) is 0 Å². The second-order valence-electron chi connectivity index (χ2n) is 9.31. The van der Waals surface area contributed by atoms with Crippen LogP contribution in [0.25, 0.3) is 0 Å². The van der Waals surface area contributed by atoms with E-state index in [2.05, 4.69) is 55.5 Å². The fourth-order valence-corrected chi connectivity index (χ4v) is 4.70. The first-order chi connectivity index (χ1) is 16.6. The standard InChI is InChI=1S/C30H32B2O2/c1-2-7-24(20-22-12-16-25(17-13-22)31-27-8-3-5-10-29(27)33)21-23-14-18-26(19-15-23)32-28-9-4-6-11-30(28)34/h3-6,8-19,24,31-34H,2,7,20-21H2,1H3. The molecule has 170 valence electrons. The van der Waals surface area contributed by atoms with Gasteiger partial charge in [-0.1, -0.05) is 116 Å². The Hall–Kier alpha value is -3.39. The van der Waals surface area contributed by atoms with Crippen LogP contribution >= 0.6 is 0 Å². The van der Waals surface area contributed by atoms with Crippen LogP contribution in [0.1, 0.15) is 30.9 Å². The summed E-state index contributed by atoms with van der Waals surface area (Å²) in [6, 6.07) is 32.9. The molecule has 0 radical (unpaired) electrons. The number of hydrogen-bond acceptors (Lipinski definition) is 2. The molecule has 0 fully saturated rings. The van der Waals surface area contributed by atoms with E-state index in [1.165, 1.54) is 34.9 Å². The summed E-state index contributed by atoms with van der Waals surface area (Å²) in [5.41, 5.74) is 7.11. The molecule has 0 saturated heterocycles. The predicted octanol–water partition coefficient (Wildman–Crippen LogP) is 3.07. The maximum Gasteiger partial charge on any atom is 0.197 e. The average molecular weight is 446 g/mol. The van der Waals surface area contributed by atoms with Gasteiger partial charge in [0.25, 0.3) is 0 Å². The van der Waals surface area contributed by atoms with Crippen molar-refractivity contribution in [3.63, 3.8) is 0 Å². The third-order valence-corrected chi connectivity index (χ3v) is 6.56. The first kappa shape index (κ1) is 23.8. The van der Waals surface area contributed by atoms with Gasteiger partial charge in [-0.15, -0.1) is 0 Å². The zero-order valence-electron chi connectivity index (χ0n) is 20.0. The fraction of sp³-hybridized carbons (Fsp3) is 0.200. The number of para-hydroxylation sites is 2. The number of phenolic OH excluding ortho intramolecular Hbond substituents is 2. The van der Waals surface area contributed by atoms with E-state index >= 15 is 0 Å². The lowest BCUT2D eigenvalue weighted by Gasteiger charge is -2.17. The second-order valence-corrected chi connectivity index (χ2v) is 9.31. The van der Waals surface area contributed by atoms with E-state index in [0.29, 0.717) is 17.4 Å². The molecule has 0 bridgehead atoms. The maximum atomic E-state index is 10.0. The number of aromatic hydroxyl groups is 2. The average Bonchev–Trinajstić information content (AvgIpc) is 2.84. The molecule has 0 heterocycles. The van der Waals surface area contributed by atoms with Crippen molar-refractivity contribution in [2.24, 2.45) is 5.92 Å². The molecule has 0 spiro atoms. The summed E-state index contributed by atoms with van der Waals surface area (Å²) >= 11 is 0. The van der Waals surface area contributed by atoms with Gasteiger partial charge in [-0.25, -0.2) is 0 Å². The van der Waals surface area contributed by atoms with Crippen molar-refractivity contribution in [2.45, 2.75) is 32.6 Å². The van der Waals surface area contributed by atoms with Gasteiger partial charge in [0.15, 0.2) is 14.6 Å². The third kappa shape index (κ3) is 6.57. The molecule has 0 aliphatic rings. The van der Waals surface area contributed by atoms with E-state index in [1.54, 1.807) is 12.1 Å². The molecule has 2 nitrogen and oxygen atoms in total. The third-order valence-electron chi connectivity index (χ3n) is 6.56. The van der Waals surface area contributed by atoms with Crippen molar-refractivity contribution in [1.82, 2.24) is 0 Å². The lowest BCUT2D eigenvalue weighted by molar-refractivity contribution is 0.474. The van der Waals surface area contributed by atoms with Crippen LogP contribution in [0.5, 0.6) is 11.5 Å². The Morgan fingerprint density at radius 2 is 1.00 bits per heavy atom. The first-order valence-corrected chi connectivity index (χ1v) is 12.3. The summed E-state index contributed by atoms with van der Waals surface area (Å²) in [7, 11) is 1.50. The van der Waals surface area contributed by atoms with Crippen LogP contribution < -0.4 is 21.9 Å². The molecule has 4 rings (SSSR count). The summed E-state index contributed by atoms with van der Waals surface area (Å²) in [5.74, 6) is 1.33. The molecule has 2 N–H and O–H groups in total. The normalized spacial score (nSPS) is 10.9. The fourth-order valence-electron chi connectivity index (χ4n) is 4.70. The van der Waals surface area contributed by atoms with Crippen LogP contribution in [0.15, 0.2) is 97.1 Å². The summed E-state index contributed by atoms with van der Waals surface area (Å²) < 4.78 is 0. The summed E-state index contributed by atoms with van der Waals surface area (Å²) in [6.07, 6.45) is 4.54. The number of benzene rings is 4. The van der Waals surface area contributed by atoms with Gasteiger partial charge in [0.05, 0.1) is 0 Å². The van der Waals surface area contributed by atoms with Crippen molar-refractivity contribution in [2.75, 3.05) is 0 Å². The van der Waals surface area contributed by atoms with Crippen LogP contribution in [0, 0.1) is 5.92 Å². The van der Waals surface area contributed by atoms with Gasteiger partial charge in [0, 0.05) is 0 Å². The highest BCUT2D eigenvalue weighted by Gasteiger charge is 2.12. The second kappa shape index (κ2) is 11.7. The molecule has 4 aromatic carbocycles. The molecule has 0 atom stereocenters. The highest BCUT2D eigenvalue weighted by molar-refractivity contribution is 6.68. The molecule has 4 heteroatoms. The van der Waals surface area contributed by atoms with Crippen molar-refractivity contribution in [3.05, 3.63) is 108 Å². The molecular formula is C30H32B2O2. The minimum atomic E-state index is 0.362. The Bertz CT molecular complexity index is 1090. The Morgan fingerprint density at radius 3 is 1.38 bits per heavy atom. The van der Waals surface area contributed by atoms with Gasteiger partial charge in [0.2, 0.25) is 0 Å². The molecule has 0 aliphatic carbocycles.